The van der Waals surface area contributed by atoms with Crippen molar-refractivity contribution >= 4 is 28.3 Å². The molecule has 1 N–H and O–H groups in total. The van der Waals surface area contributed by atoms with Crippen LogP contribution in [0.1, 0.15) is 21.6 Å². The molecule has 0 bridgehead atoms. The van der Waals surface area contributed by atoms with Crippen LogP contribution in [0.3, 0.4) is 0 Å². The van der Waals surface area contributed by atoms with Crippen molar-refractivity contribution < 1.29 is 14.3 Å². The lowest BCUT2D eigenvalue weighted by Crippen LogP contribution is -2.38. The average Bonchev–Trinajstić information content (AvgIpc) is 3.09. The van der Waals surface area contributed by atoms with Crippen LogP contribution < -0.4 is 4.90 Å². The van der Waals surface area contributed by atoms with Crippen LogP contribution in [0.2, 0.25) is 0 Å². The Balaban J connectivity index is 1.56. The zero-order valence-electron chi connectivity index (χ0n) is 16.8. The number of aromatic amines is 1. The van der Waals surface area contributed by atoms with Gasteiger partial charge in [0.2, 0.25) is 0 Å². The molecule has 1 aliphatic rings. The van der Waals surface area contributed by atoms with E-state index in [0.29, 0.717) is 31.0 Å². The van der Waals surface area contributed by atoms with E-state index in [9.17, 15) is 9.59 Å². The molecule has 1 fully saturated rings. The van der Waals surface area contributed by atoms with Crippen LogP contribution >= 0.6 is 0 Å². The maximum atomic E-state index is 13.0. The Hall–Kier alpha value is -3.12. The Kier molecular flexibility index (Phi) is 5.36. The first-order chi connectivity index (χ1) is 14.1. The highest BCUT2D eigenvalue weighted by atomic mass is 16.5. The third-order valence-corrected chi connectivity index (χ3v) is 5.41. The average molecular weight is 391 g/mol. The van der Waals surface area contributed by atoms with Gasteiger partial charge in [-0.3, -0.25) is 9.59 Å². The second-order valence-electron chi connectivity index (χ2n) is 7.39. The van der Waals surface area contributed by atoms with E-state index < -0.39 is 11.7 Å². The SMILES string of the molecule is Cc1[nH]c2ccccc2c1C(=O)C(=O)N(C)Cc1ccccc1N1CCOCC1. The second-order valence-corrected chi connectivity index (χ2v) is 7.39. The predicted molar refractivity (Wildman–Crippen MR) is 113 cm³/mol. The number of likely N-dealkylation sites (N-methyl/N-ethyl adjacent to an activating group) is 1. The summed E-state index contributed by atoms with van der Waals surface area (Å²) in [5.74, 6) is -0.985. The summed E-state index contributed by atoms with van der Waals surface area (Å²) < 4.78 is 5.45. The summed E-state index contributed by atoms with van der Waals surface area (Å²) >= 11 is 0. The highest BCUT2D eigenvalue weighted by molar-refractivity contribution is 6.45. The standard InChI is InChI=1S/C23H25N3O3/c1-16-21(18-8-4-5-9-19(18)24-16)22(27)23(28)25(2)15-17-7-3-6-10-20(17)26-11-13-29-14-12-26/h3-10,24H,11-15H2,1-2H3. The maximum absolute atomic E-state index is 13.0. The topological polar surface area (TPSA) is 65.6 Å². The number of fused-ring (bicyclic) bond motifs is 1. The van der Waals surface area contributed by atoms with E-state index in [1.807, 2.05) is 49.4 Å². The number of ether oxygens (including phenoxy) is 1. The number of rotatable bonds is 5. The summed E-state index contributed by atoms with van der Waals surface area (Å²) in [6, 6.07) is 15.6. The number of hydrogen-bond acceptors (Lipinski definition) is 4. The van der Waals surface area contributed by atoms with Gasteiger partial charge in [-0.15, -0.1) is 0 Å². The molecule has 1 aromatic heterocycles. The molecule has 6 nitrogen and oxygen atoms in total. The molecular weight excluding hydrogens is 366 g/mol. The van der Waals surface area contributed by atoms with Gasteiger partial charge >= 0.3 is 0 Å². The largest absolute Gasteiger partial charge is 0.378 e. The number of Topliss-reactive ketones (excluding diaryl/α,β-unsaturated/α-hetero) is 1. The van der Waals surface area contributed by atoms with E-state index in [4.69, 9.17) is 4.74 Å². The van der Waals surface area contributed by atoms with Gasteiger partial charge in [-0.05, 0) is 24.6 Å². The lowest BCUT2D eigenvalue weighted by molar-refractivity contribution is -0.125. The fraction of sp³-hybridized carbons (Fsp3) is 0.304. The van der Waals surface area contributed by atoms with E-state index in [2.05, 4.69) is 16.0 Å². The number of aryl methyl sites for hydroxylation is 1. The molecule has 0 unspecified atom stereocenters. The molecule has 1 saturated heterocycles. The summed E-state index contributed by atoms with van der Waals surface area (Å²) in [5, 5.41) is 0.783. The van der Waals surface area contributed by atoms with E-state index in [1.165, 1.54) is 4.90 Å². The molecule has 0 spiro atoms. The van der Waals surface area contributed by atoms with Crippen molar-refractivity contribution in [3.8, 4) is 0 Å². The lowest BCUT2D eigenvalue weighted by atomic mass is 10.1. The van der Waals surface area contributed by atoms with Gasteiger partial charge in [0.25, 0.3) is 11.7 Å². The van der Waals surface area contributed by atoms with Crippen LogP contribution in [-0.2, 0) is 16.1 Å². The van der Waals surface area contributed by atoms with Crippen molar-refractivity contribution in [2.24, 2.45) is 0 Å². The Labute approximate surface area is 170 Å². The minimum absolute atomic E-state index is 0.375. The minimum atomic E-state index is -0.505. The van der Waals surface area contributed by atoms with Gasteiger partial charge in [-0.25, -0.2) is 0 Å². The molecule has 6 heteroatoms. The number of nitrogens with one attached hydrogen (secondary N) is 1. The summed E-state index contributed by atoms with van der Waals surface area (Å²) in [6.45, 7) is 5.24. The first-order valence-electron chi connectivity index (χ1n) is 9.84. The summed E-state index contributed by atoms with van der Waals surface area (Å²) in [6.07, 6.45) is 0. The van der Waals surface area contributed by atoms with Crippen molar-refractivity contribution in [3.63, 3.8) is 0 Å². The van der Waals surface area contributed by atoms with E-state index in [1.54, 1.807) is 7.05 Å². The highest BCUT2D eigenvalue weighted by Crippen LogP contribution is 2.25. The van der Waals surface area contributed by atoms with E-state index in [-0.39, 0.29) is 0 Å². The Bertz CT molecular complexity index is 1050. The van der Waals surface area contributed by atoms with Crippen LogP contribution in [0.5, 0.6) is 0 Å². The van der Waals surface area contributed by atoms with Gasteiger partial charge < -0.3 is 19.5 Å². The van der Waals surface area contributed by atoms with Crippen LogP contribution in [0.4, 0.5) is 5.69 Å². The molecule has 2 aromatic carbocycles. The van der Waals surface area contributed by atoms with Gasteiger partial charge in [0.05, 0.1) is 18.8 Å². The minimum Gasteiger partial charge on any atom is -0.378 e. The number of benzene rings is 2. The molecule has 4 rings (SSSR count). The molecule has 1 aliphatic heterocycles. The predicted octanol–water partition coefficient (Wildman–Crippen LogP) is 3.15. The maximum Gasteiger partial charge on any atom is 0.295 e. The summed E-state index contributed by atoms with van der Waals surface area (Å²) in [7, 11) is 1.68. The number of morpholine rings is 1. The number of para-hydroxylation sites is 2. The molecule has 0 radical (unpaired) electrons. The van der Waals surface area contributed by atoms with Gasteiger partial charge in [0, 0.05) is 49.0 Å². The molecule has 3 aromatic rings. The molecule has 29 heavy (non-hydrogen) atoms. The summed E-state index contributed by atoms with van der Waals surface area (Å²) in [5.41, 5.74) is 4.15. The Morgan fingerprint density at radius 1 is 1.07 bits per heavy atom. The third-order valence-electron chi connectivity index (χ3n) is 5.41. The van der Waals surface area contributed by atoms with E-state index in [0.717, 1.165) is 35.2 Å². The number of amides is 1. The van der Waals surface area contributed by atoms with Crippen molar-refractivity contribution in [2.75, 3.05) is 38.3 Å². The number of carbonyl (C=O) groups excluding carboxylic acids is 2. The van der Waals surface area contributed by atoms with Crippen LogP contribution in [0.15, 0.2) is 48.5 Å². The fourth-order valence-electron chi connectivity index (χ4n) is 3.93. The van der Waals surface area contributed by atoms with Crippen LogP contribution in [0, 0.1) is 6.92 Å². The number of nitrogens with zero attached hydrogens (tertiary/aromatic N) is 2. The quantitative estimate of drug-likeness (QED) is 0.536. The van der Waals surface area contributed by atoms with Crippen LogP contribution in [-0.4, -0.2) is 54.9 Å². The number of aromatic nitrogens is 1. The van der Waals surface area contributed by atoms with Crippen LogP contribution in [0.25, 0.3) is 10.9 Å². The normalized spacial score (nSPS) is 14.2. The Morgan fingerprint density at radius 2 is 1.76 bits per heavy atom. The molecule has 150 valence electrons. The molecule has 0 saturated carbocycles. The fourth-order valence-corrected chi connectivity index (χ4v) is 3.93. The van der Waals surface area contributed by atoms with Gasteiger partial charge in [-0.2, -0.15) is 0 Å². The smallest absolute Gasteiger partial charge is 0.295 e. The number of ketones is 1. The molecule has 0 atom stereocenters. The number of hydrogen-bond donors (Lipinski definition) is 1. The zero-order chi connectivity index (χ0) is 20.4. The highest BCUT2D eigenvalue weighted by Gasteiger charge is 2.26. The zero-order valence-corrected chi connectivity index (χ0v) is 16.8. The molecule has 0 aliphatic carbocycles. The molecular formula is C23H25N3O3. The Morgan fingerprint density at radius 3 is 2.55 bits per heavy atom. The number of H-pyrrole nitrogens is 1. The second kappa shape index (κ2) is 8.09. The van der Waals surface area contributed by atoms with Crippen molar-refractivity contribution in [1.29, 1.82) is 0 Å². The van der Waals surface area contributed by atoms with Gasteiger partial charge in [0.1, 0.15) is 0 Å². The van der Waals surface area contributed by atoms with Crippen molar-refractivity contribution in [1.82, 2.24) is 9.88 Å². The summed E-state index contributed by atoms with van der Waals surface area (Å²) in [4.78, 5) is 32.9. The third kappa shape index (κ3) is 3.76. The number of carbonyl (C=O) groups is 2. The first-order valence-corrected chi connectivity index (χ1v) is 9.84. The lowest BCUT2D eigenvalue weighted by Gasteiger charge is -2.31. The monoisotopic (exact) mass is 391 g/mol. The van der Waals surface area contributed by atoms with Crippen molar-refractivity contribution in [3.05, 3.63) is 65.4 Å². The van der Waals surface area contributed by atoms with E-state index >= 15 is 0 Å². The van der Waals surface area contributed by atoms with Crippen molar-refractivity contribution in [2.45, 2.75) is 13.5 Å². The van der Waals surface area contributed by atoms with Gasteiger partial charge in [-0.1, -0.05) is 36.4 Å². The first kappa shape index (κ1) is 19.2. The molecule has 2 heterocycles. The number of anilines is 1. The van der Waals surface area contributed by atoms with Gasteiger partial charge in [0.15, 0.2) is 0 Å². The molecule has 1 amide bonds.